The minimum atomic E-state index is -0.315. The lowest BCUT2D eigenvalue weighted by Crippen LogP contribution is -2.22. The lowest BCUT2D eigenvalue weighted by atomic mass is 9.74. The predicted molar refractivity (Wildman–Crippen MR) is 243 cm³/mol. The highest BCUT2D eigenvalue weighted by molar-refractivity contribution is 6.24. The highest BCUT2D eigenvalue weighted by Gasteiger charge is 2.41. The molecular formula is C56H36N2O. The summed E-state index contributed by atoms with van der Waals surface area (Å²) in [6.45, 7) is 2.36. The molecule has 0 aliphatic heterocycles. The summed E-state index contributed by atoms with van der Waals surface area (Å²) in [6.07, 6.45) is 0. The van der Waals surface area contributed by atoms with Gasteiger partial charge in [-0.3, -0.25) is 0 Å². The van der Waals surface area contributed by atoms with Gasteiger partial charge in [-0.25, -0.2) is 9.97 Å². The summed E-state index contributed by atoms with van der Waals surface area (Å²) in [7, 11) is 0. The second-order valence-electron chi connectivity index (χ2n) is 15.8. The first-order valence-electron chi connectivity index (χ1n) is 20.2. The topological polar surface area (TPSA) is 38.9 Å². The number of hydrogen-bond acceptors (Lipinski definition) is 3. The zero-order chi connectivity index (χ0) is 39.1. The van der Waals surface area contributed by atoms with Gasteiger partial charge in [0, 0.05) is 38.4 Å². The molecule has 9 aromatic carbocycles. The lowest BCUT2D eigenvalue weighted by Gasteiger charge is -2.28. The highest BCUT2D eigenvalue weighted by Crippen LogP contribution is 2.55. The lowest BCUT2D eigenvalue weighted by molar-refractivity contribution is 0.671. The van der Waals surface area contributed by atoms with Crippen LogP contribution in [0.2, 0.25) is 0 Å². The summed E-state index contributed by atoms with van der Waals surface area (Å²) < 4.78 is 6.85. The number of rotatable bonds is 5. The highest BCUT2D eigenvalue weighted by atomic mass is 16.3. The summed E-state index contributed by atoms with van der Waals surface area (Å²) in [5.41, 5.74) is 14.7. The Kier molecular flexibility index (Phi) is 7.36. The average Bonchev–Trinajstić information content (AvgIpc) is 3.81. The molecule has 1 unspecified atom stereocenters. The van der Waals surface area contributed by atoms with Gasteiger partial charge in [-0.15, -0.1) is 0 Å². The summed E-state index contributed by atoms with van der Waals surface area (Å²) >= 11 is 0. The van der Waals surface area contributed by atoms with Gasteiger partial charge < -0.3 is 4.42 Å². The molecular weight excluding hydrogens is 717 g/mol. The van der Waals surface area contributed by atoms with E-state index < -0.39 is 0 Å². The third-order valence-corrected chi connectivity index (χ3v) is 12.5. The molecule has 12 rings (SSSR count). The number of benzene rings is 9. The molecule has 1 aliphatic carbocycles. The van der Waals surface area contributed by atoms with Crippen LogP contribution in [-0.4, -0.2) is 9.97 Å². The van der Waals surface area contributed by atoms with Crippen molar-refractivity contribution in [3.05, 3.63) is 217 Å². The molecule has 59 heavy (non-hydrogen) atoms. The maximum Gasteiger partial charge on any atom is 0.160 e. The van der Waals surface area contributed by atoms with Crippen molar-refractivity contribution in [3.8, 4) is 56.2 Å². The SMILES string of the molecule is CC1(c2ccccc2)c2ccccc2-c2c(-c3cc(-c4cccc(-c5cc6ccccc6c6c5oc5cc7ccccc7cc56)c4)nc(-c4ccccc4)n3)cccc21. The van der Waals surface area contributed by atoms with Crippen LogP contribution in [0.4, 0.5) is 0 Å². The zero-order valence-corrected chi connectivity index (χ0v) is 32.4. The molecule has 1 aliphatic rings. The Morgan fingerprint density at radius 2 is 1.05 bits per heavy atom. The van der Waals surface area contributed by atoms with Gasteiger partial charge in [0.25, 0.3) is 0 Å². The quantitative estimate of drug-likeness (QED) is 0.176. The minimum absolute atomic E-state index is 0.315. The molecule has 0 bridgehead atoms. The smallest absolute Gasteiger partial charge is 0.160 e. The van der Waals surface area contributed by atoms with Crippen LogP contribution in [0.15, 0.2) is 205 Å². The fraction of sp³-hybridized carbons (Fsp3) is 0.0357. The third kappa shape index (κ3) is 5.15. The van der Waals surface area contributed by atoms with Crippen molar-refractivity contribution in [1.29, 1.82) is 0 Å². The number of aromatic nitrogens is 2. The fourth-order valence-corrected chi connectivity index (χ4v) is 9.66. The molecule has 0 fully saturated rings. The summed E-state index contributed by atoms with van der Waals surface area (Å²) in [4.78, 5) is 10.6. The van der Waals surface area contributed by atoms with Crippen LogP contribution in [0.25, 0.3) is 99.6 Å². The van der Waals surface area contributed by atoms with Crippen LogP contribution in [0.3, 0.4) is 0 Å². The molecule has 276 valence electrons. The van der Waals surface area contributed by atoms with Gasteiger partial charge in [-0.2, -0.15) is 0 Å². The first-order chi connectivity index (χ1) is 29.1. The van der Waals surface area contributed by atoms with E-state index in [4.69, 9.17) is 14.4 Å². The van der Waals surface area contributed by atoms with Crippen LogP contribution in [0.1, 0.15) is 23.6 Å². The van der Waals surface area contributed by atoms with Gasteiger partial charge >= 0.3 is 0 Å². The van der Waals surface area contributed by atoms with E-state index in [9.17, 15) is 0 Å². The fourth-order valence-electron chi connectivity index (χ4n) is 9.66. The van der Waals surface area contributed by atoms with Gasteiger partial charge in [0.2, 0.25) is 0 Å². The standard InChI is InChI=1S/C56H36N2O/c1-56(41-23-6-3-7-24-41)47-28-13-12-26-43(47)52-44(27-15-29-48(52)56)50-34-49(57-55(58-50)35-16-4-2-5-17-35)40-22-14-21-38(30-40)45-32-39-20-10-11-25-42(39)53-46-31-36-18-8-9-19-37(36)33-51(46)59-54(45)53/h2-34H,1H3. The van der Waals surface area contributed by atoms with E-state index in [0.717, 1.165) is 66.5 Å². The van der Waals surface area contributed by atoms with Crippen LogP contribution in [-0.2, 0) is 5.41 Å². The molecule has 0 saturated heterocycles. The average molecular weight is 753 g/mol. The van der Waals surface area contributed by atoms with E-state index in [2.05, 4.69) is 201 Å². The van der Waals surface area contributed by atoms with E-state index >= 15 is 0 Å². The maximum absolute atomic E-state index is 6.85. The van der Waals surface area contributed by atoms with Crippen molar-refractivity contribution < 1.29 is 4.42 Å². The van der Waals surface area contributed by atoms with Crippen LogP contribution in [0, 0.1) is 0 Å². The van der Waals surface area contributed by atoms with Crippen molar-refractivity contribution in [2.45, 2.75) is 12.3 Å². The summed E-state index contributed by atoms with van der Waals surface area (Å²) in [6, 6.07) is 71.5. The molecule has 2 aromatic heterocycles. The molecule has 2 heterocycles. The molecule has 3 nitrogen and oxygen atoms in total. The molecule has 11 aromatic rings. The predicted octanol–water partition coefficient (Wildman–Crippen LogP) is 14.7. The van der Waals surface area contributed by atoms with Crippen LogP contribution in [0.5, 0.6) is 0 Å². The molecule has 1 atom stereocenters. The maximum atomic E-state index is 6.85. The Morgan fingerprint density at radius 1 is 0.424 bits per heavy atom. The van der Waals surface area contributed by atoms with E-state index in [1.54, 1.807) is 0 Å². The van der Waals surface area contributed by atoms with Crippen molar-refractivity contribution in [1.82, 2.24) is 9.97 Å². The second kappa shape index (κ2) is 13.0. The van der Waals surface area contributed by atoms with E-state index in [0.29, 0.717) is 5.82 Å². The second-order valence-corrected chi connectivity index (χ2v) is 15.8. The number of fused-ring (bicyclic) bond motifs is 9. The van der Waals surface area contributed by atoms with Crippen molar-refractivity contribution in [3.63, 3.8) is 0 Å². The van der Waals surface area contributed by atoms with E-state index in [-0.39, 0.29) is 5.41 Å². The molecule has 0 N–H and O–H groups in total. The largest absolute Gasteiger partial charge is 0.455 e. The van der Waals surface area contributed by atoms with Gasteiger partial charge in [-0.05, 0) is 92.2 Å². The van der Waals surface area contributed by atoms with E-state index in [1.807, 2.05) is 6.07 Å². The molecule has 0 spiro atoms. The van der Waals surface area contributed by atoms with Crippen molar-refractivity contribution in [2.75, 3.05) is 0 Å². The van der Waals surface area contributed by atoms with Gasteiger partial charge in [0.1, 0.15) is 11.2 Å². The molecule has 0 radical (unpaired) electrons. The monoisotopic (exact) mass is 752 g/mol. The van der Waals surface area contributed by atoms with Gasteiger partial charge in [-0.1, -0.05) is 170 Å². The number of hydrogen-bond donors (Lipinski definition) is 0. The Bertz CT molecular complexity index is 3460. The zero-order valence-electron chi connectivity index (χ0n) is 32.4. The van der Waals surface area contributed by atoms with Crippen molar-refractivity contribution in [2.24, 2.45) is 0 Å². The molecule has 0 amide bonds. The van der Waals surface area contributed by atoms with Crippen LogP contribution >= 0.6 is 0 Å². The third-order valence-electron chi connectivity index (χ3n) is 12.5. The Hall–Kier alpha value is -7.62. The van der Waals surface area contributed by atoms with Gasteiger partial charge in [0.15, 0.2) is 5.82 Å². The number of furan rings is 1. The summed E-state index contributed by atoms with van der Waals surface area (Å²) in [5, 5.41) is 6.99. The minimum Gasteiger partial charge on any atom is -0.455 e. The number of nitrogens with zero attached hydrogens (tertiary/aromatic N) is 2. The Balaban J connectivity index is 1.07. The van der Waals surface area contributed by atoms with Crippen molar-refractivity contribution >= 4 is 43.5 Å². The Morgan fingerprint density at radius 3 is 1.90 bits per heavy atom. The Labute approximate surface area is 341 Å². The van der Waals surface area contributed by atoms with Gasteiger partial charge in [0.05, 0.1) is 11.4 Å². The first kappa shape index (κ1) is 33.5. The molecule has 3 heteroatoms. The normalized spacial score (nSPS) is 14.6. The summed E-state index contributed by atoms with van der Waals surface area (Å²) in [5.74, 6) is 0.690. The van der Waals surface area contributed by atoms with Crippen LogP contribution < -0.4 is 0 Å². The first-order valence-corrected chi connectivity index (χ1v) is 20.2. The molecule has 0 saturated carbocycles. The van der Waals surface area contributed by atoms with E-state index in [1.165, 1.54) is 44.0 Å².